The van der Waals surface area contributed by atoms with Gasteiger partial charge >= 0.3 is 0 Å². The summed E-state index contributed by atoms with van der Waals surface area (Å²) in [6.07, 6.45) is 0. The molecule has 1 atom stereocenters. The molecule has 1 heterocycles. The highest BCUT2D eigenvalue weighted by Gasteiger charge is 2.44. The lowest BCUT2D eigenvalue weighted by Gasteiger charge is -2.27. The lowest BCUT2D eigenvalue weighted by molar-refractivity contribution is -0.117. The Morgan fingerprint density at radius 3 is 2.10 bits per heavy atom. The molecule has 0 saturated heterocycles. The van der Waals surface area contributed by atoms with E-state index in [-0.39, 0.29) is 11.4 Å². The van der Waals surface area contributed by atoms with Gasteiger partial charge in [0.15, 0.2) is 11.5 Å². The molecule has 0 saturated carbocycles. The molecule has 0 aliphatic carbocycles. The molecule has 156 valence electrons. The van der Waals surface area contributed by atoms with E-state index in [1.807, 2.05) is 61.5 Å². The summed E-state index contributed by atoms with van der Waals surface area (Å²) in [5, 5.41) is 10.8. The Morgan fingerprint density at radius 2 is 1.52 bits per heavy atom. The highest BCUT2D eigenvalue weighted by atomic mass is 16.3. The van der Waals surface area contributed by atoms with Gasteiger partial charge in [-0.15, -0.1) is 0 Å². The molecular formula is C27H25NO3. The fraction of sp³-hybridized carbons (Fsp3) is 0.185. The van der Waals surface area contributed by atoms with Gasteiger partial charge in [-0.05, 0) is 36.1 Å². The molecule has 0 radical (unpaired) electrons. The standard InChI is InChI=1S/C27H25NO3/c1-17(2)19-13-15-20(16-14-19)24-23(25(29)21-11-9-18(3)10-12-21)26(30)27(31)28(24)22-7-5-4-6-8-22/h4-17,24,30H,1-3H3. The highest BCUT2D eigenvalue weighted by molar-refractivity contribution is 6.20. The Bertz CT molecular complexity index is 1140. The van der Waals surface area contributed by atoms with Crippen LogP contribution in [0.5, 0.6) is 0 Å². The van der Waals surface area contributed by atoms with Crippen LogP contribution in [0.25, 0.3) is 0 Å². The van der Waals surface area contributed by atoms with Gasteiger partial charge < -0.3 is 5.11 Å². The van der Waals surface area contributed by atoms with Crippen molar-refractivity contribution >= 4 is 17.4 Å². The molecule has 1 amide bonds. The first-order chi connectivity index (χ1) is 14.9. The molecule has 0 spiro atoms. The van der Waals surface area contributed by atoms with E-state index in [1.165, 1.54) is 10.5 Å². The summed E-state index contributed by atoms with van der Waals surface area (Å²) in [6, 6.07) is 23.5. The zero-order valence-corrected chi connectivity index (χ0v) is 17.9. The number of nitrogens with zero attached hydrogens (tertiary/aromatic N) is 1. The van der Waals surface area contributed by atoms with Crippen molar-refractivity contribution in [2.24, 2.45) is 0 Å². The average molecular weight is 412 g/mol. The van der Waals surface area contributed by atoms with Gasteiger partial charge in [0.25, 0.3) is 5.91 Å². The Hall–Kier alpha value is -3.66. The maximum atomic E-state index is 13.5. The number of amides is 1. The topological polar surface area (TPSA) is 57.6 Å². The molecule has 1 N–H and O–H groups in total. The zero-order valence-electron chi connectivity index (χ0n) is 17.9. The summed E-state index contributed by atoms with van der Waals surface area (Å²) in [4.78, 5) is 28.1. The number of para-hydroxylation sites is 1. The number of carbonyl (C=O) groups excluding carboxylic acids is 2. The maximum absolute atomic E-state index is 13.5. The van der Waals surface area contributed by atoms with Crippen molar-refractivity contribution in [1.82, 2.24) is 0 Å². The fourth-order valence-electron chi connectivity index (χ4n) is 3.93. The summed E-state index contributed by atoms with van der Waals surface area (Å²) in [5.74, 6) is -1.05. The van der Waals surface area contributed by atoms with Gasteiger partial charge in [0.2, 0.25) is 0 Å². The number of hydrogen-bond donors (Lipinski definition) is 1. The van der Waals surface area contributed by atoms with Crippen molar-refractivity contribution in [3.63, 3.8) is 0 Å². The molecule has 3 aromatic carbocycles. The van der Waals surface area contributed by atoms with E-state index >= 15 is 0 Å². The van der Waals surface area contributed by atoms with Crippen molar-refractivity contribution in [3.05, 3.63) is 112 Å². The second-order valence-corrected chi connectivity index (χ2v) is 8.19. The molecule has 0 fully saturated rings. The predicted octanol–water partition coefficient (Wildman–Crippen LogP) is 5.90. The second-order valence-electron chi connectivity index (χ2n) is 8.19. The van der Waals surface area contributed by atoms with Crippen LogP contribution in [0.2, 0.25) is 0 Å². The Labute approximate surface area is 182 Å². The van der Waals surface area contributed by atoms with Crippen LogP contribution in [-0.2, 0) is 4.79 Å². The monoisotopic (exact) mass is 411 g/mol. The summed E-state index contributed by atoms with van der Waals surface area (Å²) in [5.41, 5.74) is 4.15. The third kappa shape index (κ3) is 3.77. The molecular weight excluding hydrogens is 386 g/mol. The highest BCUT2D eigenvalue weighted by Crippen LogP contribution is 2.42. The number of carbonyl (C=O) groups is 2. The quantitative estimate of drug-likeness (QED) is 0.532. The summed E-state index contributed by atoms with van der Waals surface area (Å²) in [6.45, 7) is 6.17. The molecule has 1 aliphatic heterocycles. The number of ketones is 1. The fourth-order valence-corrected chi connectivity index (χ4v) is 3.93. The Balaban J connectivity index is 1.85. The van der Waals surface area contributed by atoms with Gasteiger partial charge in [-0.25, -0.2) is 0 Å². The molecule has 0 bridgehead atoms. The number of anilines is 1. The number of aliphatic hydroxyl groups excluding tert-OH is 1. The first-order valence-electron chi connectivity index (χ1n) is 10.4. The smallest absolute Gasteiger partial charge is 0.294 e. The van der Waals surface area contributed by atoms with Gasteiger partial charge in [-0.3, -0.25) is 14.5 Å². The number of Topliss-reactive ketones (excluding diaryl/α,β-unsaturated/α-hetero) is 1. The van der Waals surface area contributed by atoms with E-state index in [2.05, 4.69) is 13.8 Å². The van der Waals surface area contributed by atoms with E-state index < -0.39 is 17.7 Å². The normalized spacial score (nSPS) is 16.3. The van der Waals surface area contributed by atoms with Crippen LogP contribution >= 0.6 is 0 Å². The lowest BCUT2D eigenvalue weighted by atomic mass is 9.91. The molecule has 0 aromatic heterocycles. The molecule has 3 aromatic rings. The minimum Gasteiger partial charge on any atom is -0.503 e. The van der Waals surface area contributed by atoms with Crippen molar-refractivity contribution in [1.29, 1.82) is 0 Å². The maximum Gasteiger partial charge on any atom is 0.294 e. The minimum atomic E-state index is -0.704. The first kappa shape index (κ1) is 20.6. The summed E-state index contributed by atoms with van der Waals surface area (Å²) in [7, 11) is 0. The second kappa shape index (κ2) is 8.23. The molecule has 4 rings (SSSR count). The first-order valence-corrected chi connectivity index (χ1v) is 10.4. The number of rotatable bonds is 5. The van der Waals surface area contributed by atoms with E-state index in [9.17, 15) is 14.7 Å². The van der Waals surface area contributed by atoms with Crippen LogP contribution in [0.4, 0.5) is 5.69 Å². The number of aliphatic hydroxyl groups is 1. The Kier molecular flexibility index (Phi) is 5.47. The van der Waals surface area contributed by atoms with Gasteiger partial charge in [-0.1, -0.05) is 86.1 Å². The van der Waals surface area contributed by atoms with Gasteiger partial charge in [0.1, 0.15) is 0 Å². The average Bonchev–Trinajstić information content (AvgIpc) is 3.05. The van der Waals surface area contributed by atoms with Gasteiger partial charge in [-0.2, -0.15) is 0 Å². The van der Waals surface area contributed by atoms with Crippen molar-refractivity contribution in [2.45, 2.75) is 32.7 Å². The third-order valence-corrected chi connectivity index (χ3v) is 5.72. The van der Waals surface area contributed by atoms with Crippen LogP contribution in [-0.4, -0.2) is 16.8 Å². The van der Waals surface area contributed by atoms with Crippen LogP contribution < -0.4 is 4.90 Å². The van der Waals surface area contributed by atoms with E-state index in [1.54, 1.807) is 24.3 Å². The van der Waals surface area contributed by atoms with Crippen molar-refractivity contribution in [3.8, 4) is 0 Å². The predicted molar refractivity (Wildman–Crippen MR) is 122 cm³/mol. The van der Waals surface area contributed by atoms with Crippen molar-refractivity contribution < 1.29 is 14.7 Å². The summed E-state index contributed by atoms with van der Waals surface area (Å²) < 4.78 is 0. The summed E-state index contributed by atoms with van der Waals surface area (Å²) >= 11 is 0. The van der Waals surface area contributed by atoms with E-state index in [0.717, 1.165) is 11.1 Å². The number of hydrogen-bond acceptors (Lipinski definition) is 3. The van der Waals surface area contributed by atoms with Crippen LogP contribution in [0, 0.1) is 6.92 Å². The molecule has 31 heavy (non-hydrogen) atoms. The van der Waals surface area contributed by atoms with Gasteiger partial charge in [0.05, 0.1) is 11.6 Å². The van der Waals surface area contributed by atoms with E-state index in [4.69, 9.17) is 0 Å². The SMILES string of the molecule is Cc1ccc(C(=O)C2=C(O)C(=O)N(c3ccccc3)C2c2ccc(C(C)C)cc2)cc1. The Morgan fingerprint density at radius 1 is 0.903 bits per heavy atom. The zero-order chi connectivity index (χ0) is 22.1. The van der Waals surface area contributed by atoms with E-state index in [0.29, 0.717) is 17.2 Å². The third-order valence-electron chi connectivity index (χ3n) is 5.72. The van der Waals surface area contributed by atoms with Gasteiger partial charge in [0, 0.05) is 11.3 Å². The van der Waals surface area contributed by atoms with Crippen LogP contribution in [0.1, 0.15) is 52.9 Å². The van der Waals surface area contributed by atoms with Crippen LogP contribution in [0.15, 0.2) is 90.2 Å². The van der Waals surface area contributed by atoms with Crippen LogP contribution in [0.3, 0.4) is 0 Å². The minimum absolute atomic E-state index is 0.106. The molecule has 4 nitrogen and oxygen atoms in total. The number of benzene rings is 3. The number of aryl methyl sites for hydroxylation is 1. The molecule has 1 aliphatic rings. The molecule has 1 unspecified atom stereocenters. The van der Waals surface area contributed by atoms with Crippen molar-refractivity contribution in [2.75, 3.05) is 4.90 Å². The lowest BCUT2D eigenvalue weighted by Crippen LogP contribution is -2.31. The molecule has 4 heteroatoms. The largest absolute Gasteiger partial charge is 0.503 e.